The summed E-state index contributed by atoms with van der Waals surface area (Å²) < 4.78 is 11.3. The molecule has 1 aromatic heterocycles. The summed E-state index contributed by atoms with van der Waals surface area (Å²) in [7, 11) is 1.71. The molecule has 0 bridgehead atoms. The zero-order valence-electron chi connectivity index (χ0n) is 12.6. The Morgan fingerprint density at radius 2 is 2.29 bits per heavy atom. The molecule has 3 rings (SSSR count). The van der Waals surface area contributed by atoms with Gasteiger partial charge in [-0.05, 0) is 37.6 Å². The summed E-state index contributed by atoms with van der Waals surface area (Å²) in [4.78, 5) is 4.15. The molecular weight excluding hydrogens is 264 g/mol. The van der Waals surface area contributed by atoms with Gasteiger partial charge in [0.05, 0.1) is 19.0 Å². The van der Waals surface area contributed by atoms with Crippen LogP contribution in [-0.4, -0.2) is 18.2 Å². The van der Waals surface area contributed by atoms with Crippen LogP contribution in [0.25, 0.3) is 0 Å². The third kappa shape index (κ3) is 2.79. The summed E-state index contributed by atoms with van der Waals surface area (Å²) in [6, 6.07) is 6.16. The Kier molecular flexibility index (Phi) is 3.69. The molecule has 0 amide bonds. The van der Waals surface area contributed by atoms with E-state index < -0.39 is 0 Å². The summed E-state index contributed by atoms with van der Waals surface area (Å²) in [6.45, 7) is 4.83. The van der Waals surface area contributed by atoms with Gasteiger partial charge in [-0.2, -0.15) is 0 Å². The van der Waals surface area contributed by atoms with Crippen molar-refractivity contribution in [2.24, 2.45) is 0 Å². The molecule has 1 atom stereocenters. The molecular formula is C17H20N2O2. The van der Waals surface area contributed by atoms with E-state index in [0.29, 0.717) is 6.54 Å². The van der Waals surface area contributed by atoms with Crippen LogP contribution < -0.4 is 14.8 Å². The Morgan fingerprint density at radius 3 is 3.05 bits per heavy atom. The fraction of sp³-hybridized carbons (Fsp3) is 0.353. The van der Waals surface area contributed by atoms with Crippen LogP contribution in [0.1, 0.15) is 23.6 Å². The van der Waals surface area contributed by atoms with E-state index in [1.165, 1.54) is 11.1 Å². The van der Waals surface area contributed by atoms with E-state index in [0.717, 1.165) is 29.2 Å². The maximum atomic E-state index is 5.83. The van der Waals surface area contributed by atoms with Crippen LogP contribution >= 0.6 is 0 Å². The first-order valence-electron chi connectivity index (χ1n) is 7.18. The second-order valence-electron chi connectivity index (χ2n) is 5.45. The molecule has 1 N–H and O–H groups in total. The zero-order chi connectivity index (χ0) is 14.8. The molecule has 4 nitrogen and oxygen atoms in total. The van der Waals surface area contributed by atoms with Gasteiger partial charge in [0.25, 0.3) is 0 Å². The van der Waals surface area contributed by atoms with E-state index in [1.54, 1.807) is 13.3 Å². The lowest BCUT2D eigenvalue weighted by molar-refractivity contribution is 0.254. The van der Waals surface area contributed by atoms with E-state index >= 15 is 0 Å². The highest BCUT2D eigenvalue weighted by molar-refractivity contribution is 5.52. The minimum absolute atomic E-state index is 0.244. The summed E-state index contributed by atoms with van der Waals surface area (Å²) in [6.07, 6.45) is 4.83. The molecule has 1 aromatic carbocycles. The average molecular weight is 284 g/mol. The van der Waals surface area contributed by atoms with E-state index in [2.05, 4.69) is 36.3 Å². The second-order valence-corrected chi connectivity index (χ2v) is 5.45. The molecule has 21 heavy (non-hydrogen) atoms. The standard InChI is InChI=1S/C17H20N2O2/c1-11-4-5-18-10-15(11)19-9-14-8-17-13(6-12(2)21-17)7-16(14)20-3/h4-5,7-8,10,12,19H,6,9H2,1-3H3. The molecule has 0 spiro atoms. The third-order valence-electron chi connectivity index (χ3n) is 3.81. The lowest BCUT2D eigenvalue weighted by Crippen LogP contribution is -2.05. The molecule has 0 radical (unpaired) electrons. The van der Waals surface area contributed by atoms with Crippen LogP contribution in [0.15, 0.2) is 30.6 Å². The highest BCUT2D eigenvalue weighted by atomic mass is 16.5. The minimum Gasteiger partial charge on any atom is -0.496 e. The minimum atomic E-state index is 0.244. The Labute approximate surface area is 125 Å². The van der Waals surface area contributed by atoms with Gasteiger partial charge >= 0.3 is 0 Å². The lowest BCUT2D eigenvalue weighted by atomic mass is 10.1. The number of aromatic nitrogens is 1. The number of aryl methyl sites for hydroxylation is 1. The molecule has 2 aromatic rings. The first kappa shape index (κ1) is 13.7. The topological polar surface area (TPSA) is 43.4 Å². The predicted molar refractivity (Wildman–Crippen MR) is 83.1 cm³/mol. The quantitative estimate of drug-likeness (QED) is 0.935. The van der Waals surface area contributed by atoms with Crippen molar-refractivity contribution in [2.45, 2.75) is 32.9 Å². The number of pyridine rings is 1. The van der Waals surface area contributed by atoms with Crippen molar-refractivity contribution in [3.63, 3.8) is 0 Å². The van der Waals surface area contributed by atoms with Crippen molar-refractivity contribution in [1.82, 2.24) is 4.98 Å². The molecule has 1 aliphatic rings. The number of fused-ring (bicyclic) bond motifs is 1. The smallest absolute Gasteiger partial charge is 0.124 e. The fourth-order valence-corrected chi connectivity index (χ4v) is 2.65. The van der Waals surface area contributed by atoms with E-state index in [9.17, 15) is 0 Å². The number of rotatable bonds is 4. The number of anilines is 1. The normalized spacial score (nSPS) is 16.2. The number of hydrogen-bond donors (Lipinski definition) is 1. The number of benzene rings is 1. The third-order valence-corrected chi connectivity index (χ3v) is 3.81. The van der Waals surface area contributed by atoms with Gasteiger partial charge in [-0.25, -0.2) is 0 Å². The monoisotopic (exact) mass is 284 g/mol. The van der Waals surface area contributed by atoms with Crippen LogP contribution in [-0.2, 0) is 13.0 Å². The highest BCUT2D eigenvalue weighted by Crippen LogP contribution is 2.35. The molecule has 110 valence electrons. The maximum absolute atomic E-state index is 5.83. The number of nitrogens with one attached hydrogen (secondary N) is 1. The first-order valence-corrected chi connectivity index (χ1v) is 7.18. The molecule has 1 aliphatic heterocycles. The van der Waals surface area contributed by atoms with Crippen molar-refractivity contribution in [1.29, 1.82) is 0 Å². The molecule has 1 unspecified atom stereocenters. The molecule has 0 saturated carbocycles. The largest absolute Gasteiger partial charge is 0.496 e. The van der Waals surface area contributed by atoms with Gasteiger partial charge in [0.1, 0.15) is 17.6 Å². The van der Waals surface area contributed by atoms with Crippen LogP contribution in [0.2, 0.25) is 0 Å². The Hall–Kier alpha value is -2.23. The Bertz CT molecular complexity index is 655. The summed E-state index contributed by atoms with van der Waals surface area (Å²) >= 11 is 0. The Balaban J connectivity index is 1.82. The van der Waals surface area contributed by atoms with Gasteiger partial charge in [0, 0.05) is 30.3 Å². The molecule has 0 aliphatic carbocycles. The molecule has 0 saturated heterocycles. The number of nitrogens with zero attached hydrogens (tertiary/aromatic N) is 1. The van der Waals surface area contributed by atoms with Crippen molar-refractivity contribution < 1.29 is 9.47 Å². The van der Waals surface area contributed by atoms with Crippen molar-refractivity contribution in [3.8, 4) is 11.5 Å². The van der Waals surface area contributed by atoms with E-state index in [1.807, 2.05) is 12.3 Å². The Morgan fingerprint density at radius 1 is 1.43 bits per heavy atom. The van der Waals surface area contributed by atoms with Gasteiger partial charge in [0.15, 0.2) is 0 Å². The summed E-state index contributed by atoms with van der Waals surface area (Å²) in [5, 5.41) is 3.41. The van der Waals surface area contributed by atoms with Gasteiger partial charge in [0.2, 0.25) is 0 Å². The van der Waals surface area contributed by atoms with Gasteiger partial charge in [-0.1, -0.05) is 0 Å². The van der Waals surface area contributed by atoms with Crippen LogP contribution in [0, 0.1) is 6.92 Å². The first-order chi connectivity index (χ1) is 10.2. The summed E-state index contributed by atoms with van der Waals surface area (Å²) in [5.41, 5.74) is 4.53. The molecule has 0 fully saturated rings. The van der Waals surface area contributed by atoms with Crippen molar-refractivity contribution in [3.05, 3.63) is 47.3 Å². The molecule has 2 heterocycles. The summed E-state index contributed by atoms with van der Waals surface area (Å²) in [5.74, 6) is 1.88. The van der Waals surface area contributed by atoms with E-state index in [4.69, 9.17) is 9.47 Å². The zero-order valence-corrected chi connectivity index (χ0v) is 12.6. The van der Waals surface area contributed by atoms with Gasteiger partial charge < -0.3 is 14.8 Å². The molecule has 4 heteroatoms. The van der Waals surface area contributed by atoms with E-state index in [-0.39, 0.29) is 6.10 Å². The highest BCUT2D eigenvalue weighted by Gasteiger charge is 2.21. The maximum Gasteiger partial charge on any atom is 0.124 e. The van der Waals surface area contributed by atoms with Crippen molar-refractivity contribution in [2.75, 3.05) is 12.4 Å². The number of hydrogen-bond acceptors (Lipinski definition) is 4. The van der Waals surface area contributed by atoms with Gasteiger partial charge in [-0.15, -0.1) is 0 Å². The van der Waals surface area contributed by atoms with Crippen LogP contribution in [0.5, 0.6) is 11.5 Å². The predicted octanol–water partition coefficient (Wildman–Crippen LogP) is 3.33. The fourth-order valence-electron chi connectivity index (χ4n) is 2.65. The van der Waals surface area contributed by atoms with Crippen molar-refractivity contribution >= 4 is 5.69 Å². The second kappa shape index (κ2) is 5.64. The SMILES string of the molecule is COc1cc2c(cc1CNc1cnccc1C)OC(C)C2. The average Bonchev–Trinajstić information content (AvgIpc) is 2.84. The van der Waals surface area contributed by atoms with Crippen LogP contribution in [0.3, 0.4) is 0 Å². The lowest BCUT2D eigenvalue weighted by Gasteiger charge is -2.13. The van der Waals surface area contributed by atoms with Gasteiger partial charge in [-0.3, -0.25) is 4.98 Å². The number of methoxy groups -OCH3 is 1. The number of ether oxygens (including phenoxy) is 2. The van der Waals surface area contributed by atoms with Crippen LogP contribution in [0.4, 0.5) is 5.69 Å².